The molecule has 2 heterocycles. The average molecular weight is 248 g/mol. The molecular formula is C14H20N2O2. The van der Waals surface area contributed by atoms with Gasteiger partial charge in [0.15, 0.2) is 5.43 Å². The van der Waals surface area contributed by atoms with Crippen LogP contribution in [-0.4, -0.2) is 42.2 Å². The summed E-state index contributed by atoms with van der Waals surface area (Å²) in [5.74, 6) is 0. The van der Waals surface area contributed by atoms with Crippen LogP contribution >= 0.6 is 0 Å². The van der Waals surface area contributed by atoms with Crippen molar-refractivity contribution < 1.29 is 4.74 Å². The van der Waals surface area contributed by atoms with E-state index in [1.807, 2.05) is 0 Å². The maximum atomic E-state index is 11.9. The molecule has 1 N–H and O–H groups in total. The molecule has 4 heteroatoms. The van der Waals surface area contributed by atoms with Crippen molar-refractivity contribution >= 4 is 0 Å². The Morgan fingerprint density at radius 2 is 2.28 bits per heavy atom. The molecule has 0 bridgehead atoms. The van der Waals surface area contributed by atoms with E-state index in [9.17, 15) is 4.79 Å². The third-order valence-corrected chi connectivity index (χ3v) is 4.09. The molecular weight excluding hydrogens is 228 g/mol. The number of ether oxygens (including phenoxy) is 1. The summed E-state index contributed by atoms with van der Waals surface area (Å²) >= 11 is 0. The predicted molar refractivity (Wildman–Crippen MR) is 69.9 cm³/mol. The van der Waals surface area contributed by atoms with Gasteiger partial charge in [0.05, 0.1) is 6.61 Å². The van der Waals surface area contributed by atoms with Gasteiger partial charge in [-0.1, -0.05) is 0 Å². The molecule has 0 radical (unpaired) electrons. The van der Waals surface area contributed by atoms with Gasteiger partial charge in [-0.15, -0.1) is 0 Å². The second kappa shape index (κ2) is 5.24. The highest BCUT2D eigenvalue weighted by molar-refractivity contribution is 5.24. The molecule has 4 nitrogen and oxygen atoms in total. The van der Waals surface area contributed by atoms with Gasteiger partial charge >= 0.3 is 0 Å². The van der Waals surface area contributed by atoms with Gasteiger partial charge in [-0.2, -0.15) is 0 Å². The number of nitrogens with zero attached hydrogens (tertiary/aromatic N) is 1. The highest BCUT2D eigenvalue weighted by atomic mass is 16.5. The van der Waals surface area contributed by atoms with Gasteiger partial charge in [0, 0.05) is 49.3 Å². The molecule has 2 aliphatic rings. The van der Waals surface area contributed by atoms with Gasteiger partial charge in [0.1, 0.15) is 0 Å². The number of aryl methyl sites for hydroxylation is 1. The maximum absolute atomic E-state index is 11.9. The molecule has 1 aromatic heterocycles. The molecule has 3 rings (SSSR count). The van der Waals surface area contributed by atoms with Gasteiger partial charge in [0.25, 0.3) is 0 Å². The van der Waals surface area contributed by atoms with E-state index < -0.39 is 0 Å². The Morgan fingerprint density at radius 3 is 3.22 bits per heavy atom. The van der Waals surface area contributed by atoms with Crippen molar-refractivity contribution in [2.24, 2.45) is 0 Å². The number of H-pyrrole nitrogens is 1. The minimum absolute atomic E-state index is 0.194. The minimum Gasteiger partial charge on any atom is -0.380 e. The van der Waals surface area contributed by atoms with E-state index in [1.54, 1.807) is 12.3 Å². The number of aromatic nitrogens is 1. The Hall–Kier alpha value is -1.13. The normalized spacial score (nSPS) is 25.4. The van der Waals surface area contributed by atoms with E-state index in [0.29, 0.717) is 6.04 Å². The van der Waals surface area contributed by atoms with Crippen LogP contribution in [-0.2, 0) is 17.6 Å². The predicted octanol–water partition coefficient (Wildman–Crippen LogP) is 0.954. The average Bonchev–Trinajstić information content (AvgIpc) is 2.68. The van der Waals surface area contributed by atoms with Gasteiger partial charge in [-0.05, 0) is 25.7 Å². The SMILES string of the molecule is O=c1cc[nH]c2c1CC(N1CCCOCC1)CC2. The van der Waals surface area contributed by atoms with Crippen LogP contribution in [0.4, 0.5) is 0 Å². The molecule has 0 amide bonds. The highest BCUT2D eigenvalue weighted by Gasteiger charge is 2.26. The molecule has 0 spiro atoms. The molecule has 1 saturated heterocycles. The standard InChI is InChI=1S/C14H20N2O2/c17-14-4-5-15-13-3-2-11(10-12(13)14)16-6-1-8-18-9-7-16/h4-5,11H,1-3,6-10H2,(H,15,17). The van der Waals surface area contributed by atoms with Crippen molar-refractivity contribution in [3.8, 4) is 0 Å². The molecule has 1 atom stereocenters. The Bertz CT molecular complexity index is 461. The van der Waals surface area contributed by atoms with E-state index in [-0.39, 0.29) is 5.43 Å². The van der Waals surface area contributed by atoms with E-state index in [0.717, 1.165) is 63.2 Å². The minimum atomic E-state index is 0.194. The lowest BCUT2D eigenvalue weighted by Crippen LogP contribution is -2.42. The lowest BCUT2D eigenvalue weighted by atomic mass is 9.90. The van der Waals surface area contributed by atoms with Crippen LogP contribution < -0.4 is 5.43 Å². The fourth-order valence-corrected chi connectivity index (χ4v) is 3.09. The van der Waals surface area contributed by atoms with Gasteiger partial charge < -0.3 is 9.72 Å². The summed E-state index contributed by atoms with van der Waals surface area (Å²) in [5, 5.41) is 0. The summed E-state index contributed by atoms with van der Waals surface area (Å²) in [5.41, 5.74) is 2.34. The molecule has 1 aliphatic heterocycles. The number of hydrogen-bond acceptors (Lipinski definition) is 3. The number of nitrogens with one attached hydrogen (secondary N) is 1. The largest absolute Gasteiger partial charge is 0.380 e. The topological polar surface area (TPSA) is 45.3 Å². The van der Waals surface area contributed by atoms with Gasteiger partial charge in [-0.25, -0.2) is 0 Å². The summed E-state index contributed by atoms with van der Waals surface area (Å²) < 4.78 is 5.50. The molecule has 0 saturated carbocycles. The first-order valence-electron chi connectivity index (χ1n) is 6.86. The second-order valence-electron chi connectivity index (χ2n) is 5.20. The Balaban J connectivity index is 1.77. The van der Waals surface area contributed by atoms with E-state index in [2.05, 4.69) is 9.88 Å². The summed E-state index contributed by atoms with van der Waals surface area (Å²) in [4.78, 5) is 17.6. The lowest BCUT2D eigenvalue weighted by Gasteiger charge is -2.33. The summed E-state index contributed by atoms with van der Waals surface area (Å²) in [6, 6.07) is 2.16. The Kier molecular flexibility index (Phi) is 3.48. The zero-order valence-electron chi connectivity index (χ0n) is 10.7. The third kappa shape index (κ3) is 2.35. The molecule has 1 aliphatic carbocycles. The van der Waals surface area contributed by atoms with Gasteiger partial charge in [0.2, 0.25) is 0 Å². The van der Waals surface area contributed by atoms with Crippen molar-refractivity contribution in [2.45, 2.75) is 31.7 Å². The van der Waals surface area contributed by atoms with Crippen LogP contribution in [0, 0.1) is 0 Å². The maximum Gasteiger partial charge on any atom is 0.185 e. The molecule has 98 valence electrons. The van der Waals surface area contributed by atoms with Gasteiger partial charge in [-0.3, -0.25) is 9.69 Å². The van der Waals surface area contributed by atoms with Crippen LogP contribution in [0.2, 0.25) is 0 Å². The van der Waals surface area contributed by atoms with Crippen LogP contribution in [0.5, 0.6) is 0 Å². The zero-order valence-corrected chi connectivity index (χ0v) is 10.7. The number of fused-ring (bicyclic) bond motifs is 1. The van der Waals surface area contributed by atoms with Crippen LogP contribution in [0.3, 0.4) is 0 Å². The number of aromatic amines is 1. The number of pyridine rings is 1. The van der Waals surface area contributed by atoms with Crippen molar-refractivity contribution in [3.05, 3.63) is 33.7 Å². The Labute approximate surface area is 107 Å². The molecule has 1 unspecified atom stereocenters. The fourth-order valence-electron chi connectivity index (χ4n) is 3.09. The van der Waals surface area contributed by atoms with E-state index in [4.69, 9.17) is 4.74 Å². The molecule has 18 heavy (non-hydrogen) atoms. The zero-order chi connectivity index (χ0) is 12.4. The second-order valence-corrected chi connectivity index (χ2v) is 5.20. The molecule has 1 aromatic rings. The van der Waals surface area contributed by atoms with Crippen molar-refractivity contribution in [2.75, 3.05) is 26.3 Å². The first-order valence-corrected chi connectivity index (χ1v) is 6.86. The third-order valence-electron chi connectivity index (χ3n) is 4.09. The van der Waals surface area contributed by atoms with E-state index >= 15 is 0 Å². The first kappa shape index (κ1) is 11.9. The summed E-state index contributed by atoms with van der Waals surface area (Å²) in [6.07, 6.45) is 5.90. The number of hydrogen-bond donors (Lipinski definition) is 1. The monoisotopic (exact) mass is 248 g/mol. The van der Waals surface area contributed by atoms with Crippen LogP contribution in [0.25, 0.3) is 0 Å². The van der Waals surface area contributed by atoms with E-state index in [1.165, 1.54) is 0 Å². The number of rotatable bonds is 1. The first-order chi connectivity index (χ1) is 8.84. The van der Waals surface area contributed by atoms with Crippen LogP contribution in [0.1, 0.15) is 24.1 Å². The molecule has 0 aromatic carbocycles. The Morgan fingerprint density at radius 1 is 1.33 bits per heavy atom. The van der Waals surface area contributed by atoms with Crippen LogP contribution in [0.15, 0.2) is 17.1 Å². The van der Waals surface area contributed by atoms with Crippen molar-refractivity contribution in [1.29, 1.82) is 0 Å². The summed E-state index contributed by atoms with van der Waals surface area (Å²) in [7, 11) is 0. The highest BCUT2D eigenvalue weighted by Crippen LogP contribution is 2.21. The van der Waals surface area contributed by atoms with Crippen molar-refractivity contribution in [3.63, 3.8) is 0 Å². The lowest BCUT2D eigenvalue weighted by molar-refractivity contribution is 0.128. The van der Waals surface area contributed by atoms with Crippen molar-refractivity contribution in [1.82, 2.24) is 9.88 Å². The fraction of sp³-hybridized carbons (Fsp3) is 0.643. The quantitative estimate of drug-likeness (QED) is 0.805. The molecule has 1 fully saturated rings. The smallest absolute Gasteiger partial charge is 0.185 e. The summed E-state index contributed by atoms with van der Waals surface area (Å²) in [6.45, 7) is 3.81.